The quantitative estimate of drug-likeness (QED) is 0.508. The number of alkyl halides is 2. The zero-order valence-corrected chi connectivity index (χ0v) is 20.8. The number of sulfonamides is 2. The van der Waals surface area contributed by atoms with Crippen LogP contribution in [0.2, 0.25) is 0 Å². The second-order valence-electron chi connectivity index (χ2n) is 6.75. The van der Waals surface area contributed by atoms with E-state index in [1.807, 2.05) is 13.8 Å². The lowest BCUT2D eigenvalue weighted by Gasteiger charge is -2.21. The average Bonchev–Trinajstić information content (AvgIpc) is 2.68. The van der Waals surface area contributed by atoms with Crippen molar-refractivity contribution < 1.29 is 16.8 Å². The molecule has 1 aliphatic carbocycles. The van der Waals surface area contributed by atoms with Crippen LogP contribution in [0.5, 0.6) is 0 Å². The maximum Gasteiger partial charge on any atom is 0.282 e. The number of nitrogens with zero attached hydrogens (tertiary/aromatic N) is 2. The molecule has 0 saturated carbocycles. The molecule has 6 nitrogen and oxygen atoms in total. The highest BCUT2D eigenvalue weighted by Gasteiger charge is 2.31. The van der Waals surface area contributed by atoms with Crippen molar-refractivity contribution in [2.75, 3.05) is 0 Å². The van der Waals surface area contributed by atoms with Crippen molar-refractivity contribution >= 4 is 63.3 Å². The van der Waals surface area contributed by atoms with Crippen molar-refractivity contribution in [1.82, 2.24) is 0 Å². The lowest BCUT2D eigenvalue weighted by molar-refractivity contribution is 0.596. The largest absolute Gasteiger partial charge is 0.282 e. The van der Waals surface area contributed by atoms with E-state index in [1.54, 1.807) is 24.3 Å². The highest BCUT2D eigenvalue weighted by Crippen LogP contribution is 2.26. The molecule has 0 amide bonds. The summed E-state index contributed by atoms with van der Waals surface area (Å²) in [5.41, 5.74) is 2.36. The average molecular weight is 574 g/mol. The minimum absolute atomic E-state index is 0.0845. The van der Waals surface area contributed by atoms with E-state index in [1.165, 1.54) is 36.4 Å². The minimum Gasteiger partial charge on any atom is -0.199 e. The van der Waals surface area contributed by atoms with Gasteiger partial charge in [0, 0.05) is 0 Å². The van der Waals surface area contributed by atoms with Gasteiger partial charge in [-0.05, 0) is 50.3 Å². The number of allylic oxidation sites excluding steroid dienone is 2. The molecule has 0 saturated heterocycles. The van der Waals surface area contributed by atoms with Gasteiger partial charge >= 0.3 is 0 Å². The van der Waals surface area contributed by atoms with E-state index in [0.29, 0.717) is 0 Å². The van der Waals surface area contributed by atoms with Crippen molar-refractivity contribution in [3.05, 3.63) is 71.8 Å². The number of benzene rings is 2. The van der Waals surface area contributed by atoms with E-state index in [4.69, 9.17) is 0 Å². The Morgan fingerprint density at radius 1 is 0.633 bits per heavy atom. The summed E-state index contributed by atoms with van der Waals surface area (Å²) in [5.74, 6) is 0. The van der Waals surface area contributed by atoms with E-state index in [9.17, 15) is 16.8 Å². The fraction of sp³-hybridized carbons (Fsp3) is 0.200. The lowest BCUT2D eigenvalue weighted by atomic mass is 10.0. The first-order valence-electron chi connectivity index (χ1n) is 8.79. The Balaban J connectivity index is 1.94. The van der Waals surface area contributed by atoms with Gasteiger partial charge in [0.2, 0.25) is 0 Å². The van der Waals surface area contributed by atoms with Gasteiger partial charge in [-0.25, -0.2) is 0 Å². The first kappa shape index (κ1) is 23.1. The Kier molecular flexibility index (Phi) is 6.81. The van der Waals surface area contributed by atoms with Crippen LogP contribution in [0.25, 0.3) is 0 Å². The lowest BCUT2D eigenvalue weighted by Crippen LogP contribution is -2.34. The molecule has 0 unspecified atom stereocenters. The van der Waals surface area contributed by atoms with Gasteiger partial charge in [0.25, 0.3) is 20.0 Å². The summed E-state index contributed by atoms with van der Waals surface area (Å²) in [6.07, 6.45) is 2.90. The second kappa shape index (κ2) is 8.86. The number of hydrogen-bond acceptors (Lipinski definition) is 4. The Labute approximate surface area is 193 Å². The van der Waals surface area contributed by atoms with Crippen LogP contribution in [-0.4, -0.2) is 37.9 Å². The molecule has 1 aliphatic rings. The van der Waals surface area contributed by atoms with Crippen molar-refractivity contribution in [2.24, 2.45) is 8.80 Å². The molecule has 0 aliphatic heterocycles. The van der Waals surface area contributed by atoms with Gasteiger partial charge in [0.1, 0.15) is 0 Å². The van der Waals surface area contributed by atoms with Gasteiger partial charge < -0.3 is 0 Å². The third-order valence-corrected chi connectivity index (χ3v) is 9.68. The van der Waals surface area contributed by atoms with Gasteiger partial charge in [-0.1, -0.05) is 67.3 Å². The van der Waals surface area contributed by atoms with Gasteiger partial charge in [-0.3, -0.25) is 0 Å². The molecule has 2 aromatic carbocycles. The van der Waals surface area contributed by atoms with Crippen molar-refractivity contribution in [1.29, 1.82) is 0 Å². The number of hydrogen-bond donors (Lipinski definition) is 0. The standard InChI is InChI=1S/C20H18Br2N2O4S2/c1-13-3-7-15(8-4-13)29(25,26)23-17-11-12-18(20(22)19(17)21)24-30(27,28)16-9-5-14(2)6-10-16/h3-12,19-20H,1-2H3/t19-,20+. The first-order valence-corrected chi connectivity index (χ1v) is 13.5. The fourth-order valence-electron chi connectivity index (χ4n) is 2.62. The Bertz CT molecular complexity index is 1150. The number of rotatable bonds is 4. The third kappa shape index (κ3) is 5.16. The van der Waals surface area contributed by atoms with E-state index < -0.39 is 29.7 Å². The highest BCUT2D eigenvalue weighted by molar-refractivity contribution is 9.12. The van der Waals surface area contributed by atoms with Crippen molar-refractivity contribution in [3.8, 4) is 0 Å². The minimum atomic E-state index is -3.90. The third-order valence-electron chi connectivity index (χ3n) is 4.34. The van der Waals surface area contributed by atoms with Crippen LogP contribution in [0.4, 0.5) is 0 Å². The van der Waals surface area contributed by atoms with Crippen molar-refractivity contribution in [2.45, 2.75) is 33.3 Å². The molecule has 0 fully saturated rings. The van der Waals surface area contributed by atoms with Crippen LogP contribution in [0, 0.1) is 13.8 Å². The van der Waals surface area contributed by atoms with E-state index in [-0.39, 0.29) is 21.2 Å². The summed E-state index contributed by atoms with van der Waals surface area (Å²) in [7, 11) is -7.81. The van der Waals surface area contributed by atoms with E-state index in [2.05, 4.69) is 40.7 Å². The van der Waals surface area contributed by atoms with Crippen LogP contribution in [0.1, 0.15) is 11.1 Å². The van der Waals surface area contributed by atoms with E-state index in [0.717, 1.165) is 11.1 Å². The molecular formula is C20H18Br2N2O4S2. The molecule has 158 valence electrons. The maximum atomic E-state index is 12.6. The fourth-order valence-corrected chi connectivity index (χ4v) is 6.02. The molecule has 0 N–H and O–H groups in total. The molecule has 2 atom stereocenters. The van der Waals surface area contributed by atoms with Crippen LogP contribution < -0.4 is 0 Å². The summed E-state index contributed by atoms with van der Waals surface area (Å²) in [5, 5.41) is 0. The van der Waals surface area contributed by atoms with Gasteiger partial charge in [-0.15, -0.1) is 0 Å². The Morgan fingerprint density at radius 3 is 1.23 bits per heavy atom. The SMILES string of the molecule is Cc1ccc(S(=O)(=O)N=C2C=CC(=NS(=O)(=O)c3ccc(C)cc3)[C@H](Br)[C@@H]2Br)cc1. The predicted molar refractivity (Wildman–Crippen MR) is 126 cm³/mol. The molecule has 3 rings (SSSR count). The van der Waals surface area contributed by atoms with Gasteiger partial charge in [0.05, 0.1) is 30.9 Å². The van der Waals surface area contributed by atoms with Crippen LogP contribution in [0.15, 0.2) is 79.3 Å². The Morgan fingerprint density at radius 2 is 0.933 bits per heavy atom. The molecule has 10 heteroatoms. The normalized spacial score (nSPS) is 22.5. The molecule has 0 radical (unpaired) electrons. The topological polar surface area (TPSA) is 93.0 Å². The first-order chi connectivity index (χ1) is 14.0. The summed E-state index contributed by atoms with van der Waals surface area (Å²) in [6, 6.07) is 12.8. The maximum absolute atomic E-state index is 12.6. The highest BCUT2D eigenvalue weighted by atomic mass is 79.9. The molecule has 30 heavy (non-hydrogen) atoms. The van der Waals surface area contributed by atoms with Crippen LogP contribution in [-0.2, 0) is 20.0 Å². The zero-order valence-electron chi connectivity index (χ0n) is 16.0. The van der Waals surface area contributed by atoms with E-state index >= 15 is 0 Å². The number of aryl methyl sites for hydroxylation is 2. The van der Waals surface area contributed by atoms with Crippen LogP contribution in [0.3, 0.4) is 0 Å². The monoisotopic (exact) mass is 572 g/mol. The summed E-state index contributed by atoms with van der Waals surface area (Å²) < 4.78 is 58.2. The summed E-state index contributed by atoms with van der Waals surface area (Å²) in [6.45, 7) is 3.73. The zero-order chi connectivity index (χ0) is 22.1. The van der Waals surface area contributed by atoms with Crippen molar-refractivity contribution in [3.63, 3.8) is 0 Å². The predicted octanol–water partition coefficient (Wildman–Crippen LogP) is 4.36. The molecule has 2 aromatic rings. The molecule has 0 heterocycles. The van der Waals surface area contributed by atoms with Gasteiger partial charge in [-0.2, -0.15) is 25.6 Å². The second-order valence-corrected chi connectivity index (χ2v) is 11.9. The molecule has 0 bridgehead atoms. The molecular weight excluding hydrogens is 556 g/mol. The Hall–Kier alpha value is -1.62. The van der Waals surface area contributed by atoms with Gasteiger partial charge in [0.15, 0.2) is 0 Å². The molecule has 0 aromatic heterocycles. The summed E-state index contributed by atoms with van der Waals surface area (Å²) in [4.78, 5) is -1.01. The smallest absolute Gasteiger partial charge is 0.199 e. The summed E-state index contributed by atoms with van der Waals surface area (Å²) >= 11 is 6.80. The molecule has 0 spiro atoms. The number of halogens is 2. The van der Waals surface area contributed by atoms with Crippen LogP contribution >= 0.6 is 31.9 Å².